The first-order valence-electron chi connectivity index (χ1n) is 7.14. The Morgan fingerprint density at radius 2 is 1.76 bits per heavy atom. The molecule has 5 heteroatoms. The number of anilines is 3. The molecule has 0 aliphatic carbocycles. The van der Waals surface area contributed by atoms with E-state index in [1.54, 1.807) is 0 Å². The average Bonchev–Trinajstić information content (AvgIpc) is 2.49. The van der Waals surface area contributed by atoms with E-state index in [0.29, 0.717) is 12.2 Å². The van der Waals surface area contributed by atoms with Gasteiger partial charge >= 0.3 is 0 Å². The van der Waals surface area contributed by atoms with Gasteiger partial charge in [0.05, 0.1) is 5.69 Å². The molecule has 0 unspecified atom stereocenters. The second-order valence-electron chi connectivity index (χ2n) is 4.91. The Morgan fingerprint density at radius 3 is 2.38 bits per heavy atom. The Morgan fingerprint density at radius 1 is 1.05 bits per heavy atom. The smallest absolute Gasteiger partial charge is 0.224 e. The summed E-state index contributed by atoms with van der Waals surface area (Å²) in [7, 11) is 0. The molecular weight excluding hydrogens is 264 g/mol. The van der Waals surface area contributed by atoms with Crippen LogP contribution in [0.1, 0.15) is 31.9 Å². The van der Waals surface area contributed by atoms with Crippen LogP contribution in [-0.4, -0.2) is 16.1 Å². The second-order valence-corrected chi connectivity index (χ2v) is 4.91. The lowest BCUT2D eigenvalue weighted by Gasteiger charge is -2.08. The van der Waals surface area contributed by atoms with E-state index in [9.17, 15) is 4.79 Å². The summed E-state index contributed by atoms with van der Waals surface area (Å²) in [5.41, 5.74) is 2.59. The number of carbonyl (C=O) groups is 1. The molecule has 0 fully saturated rings. The lowest BCUT2D eigenvalue weighted by molar-refractivity contribution is -0.116. The highest BCUT2D eigenvalue weighted by Crippen LogP contribution is 2.17. The lowest BCUT2D eigenvalue weighted by Crippen LogP contribution is -2.10. The van der Waals surface area contributed by atoms with E-state index in [4.69, 9.17) is 0 Å². The minimum absolute atomic E-state index is 0.0574. The number of hydrogen-bond donors (Lipinski definition) is 2. The fourth-order valence-electron chi connectivity index (χ4n) is 1.81. The van der Waals surface area contributed by atoms with Crippen molar-refractivity contribution in [3.63, 3.8) is 0 Å². The van der Waals surface area contributed by atoms with Crippen LogP contribution in [0.15, 0.2) is 36.4 Å². The van der Waals surface area contributed by atoms with Crippen LogP contribution < -0.4 is 10.6 Å². The summed E-state index contributed by atoms with van der Waals surface area (Å²) in [6, 6.07) is 11.3. The van der Waals surface area contributed by atoms with Crippen molar-refractivity contribution in [2.24, 2.45) is 0 Å². The van der Waals surface area contributed by atoms with Crippen LogP contribution in [0.25, 0.3) is 0 Å². The predicted octanol–water partition coefficient (Wildman–Crippen LogP) is 3.66. The van der Waals surface area contributed by atoms with Gasteiger partial charge in [0.1, 0.15) is 0 Å². The van der Waals surface area contributed by atoms with Crippen molar-refractivity contribution < 1.29 is 4.79 Å². The number of carbonyl (C=O) groups excluding carboxylic acids is 1. The van der Waals surface area contributed by atoms with Crippen LogP contribution in [-0.2, 0) is 4.79 Å². The molecule has 0 saturated heterocycles. The molecule has 110 valence electrons. The molecule has 21 heavy (non-hydrogen) atoms. The minimum Gasteiger partial charge on any atom is -0.339 e. The van der Waals surface area contributed by atoms with Crippen LogP contribution in [0.4, 0.5) is 17.2 Å². The van der Waals surface area contributed by atoms with Gasteiger partial charge in [-0.2, -0.15) is 5.10 Å². The van der Waals surface area contributed by atoms with Gasteiger partial charge in [-0.1, -0.05) is 13.3 Å². The number of nitrogens with one attached hydrogen (secondary N) is 2. The molecule has 0 aliphatic rings. The zero-order chi connectivity index (χ0) is 15.1. The summed E-state index contributed by atoms with van der Waals surface area (Å²) in [5, 5.41) is 14.1. The minimum atomic E-state index is 0.0574. The number of rotatable bonds is 6. The Bertz CT molecular complexity index is 578. The fraction of sp³-hybridized carbons (Fsp3) is 0.312. The van der Waals surface area contributed by atoms with Crippen LogP contribution in [0, 0.1) is 6.92 Å². The highest BCUT2D eigenvalue weighted by atomic mass is 16.1. The molecule has 1 aromatic heterocycles. The lowest BCUT2D eigenvalue weighted by atomic mass is 10.2. The normalized spacial score (nSPS) is 10.2. The Labute approximate surface area is 124 Å². The molecule has 0 saturated carbocycles. The van der Waals surface area contributed by atoms with Crippen molar-refractivity contribution in [2.45, 2.75) is 33.1 Å². The molecule has 0 atom stereocenters. The third kappa shape index (κ3) is 4.87. The maximum Gasteiger partial charge on any atom is 0.224 e. The van der Waals surface area contributed by atoms with E-state index in [-0.39, 0.29) is 5.91 Å². The van der Waals surface area contributed by atoms with Gasteiger partial charge in [0.2, 0.25) is 5.91 Å². The fourth-order valence-corrected chi connectivity index (χ4v) is 1.81. The zero-order valence-electron chi connectivity index (χ0n) is 12.4. The molecule has 1 amide bonds. The Balaban J connectivity index is 1.92. The number of nitrogens with zero attached hydrogens (tertiary/aromatic N) is 2. The van der Waals surface area contributed by atoms with Crippen LogP contribution >= 0.6 is 0 Å². The molecule has 0 spiro atoms. The van der Waals surface area contributed by atoms with Crippen molar-refractivity contribution in [3.8, 4) is 0 Å². The molecule has 0 bridgehead atoms. The summed E-state index contributed by atoms with van der Waals surface area (Å²) in [4.78, 5) is 11.6. The number of aryl methyl sites for hydroxylation is 1. The number of hydrogen-bond acceptors (Lipinski definition) is 4. The van der Waals surface area contributed by atoms with Gasteiger partial charge in [-0.05, 0) is 49.7 Å². The van der Waals surface area contributed by atoms with Gasteiger partial charge in [0.15, 0.2) is 5.82 Å². The maximum absolute atomic E-state index is 11.6. The second kappa shape index (κ2) is 7.38. The SMILES string of the molecule is CCCCC(=O)Nc1ccc(Nc2ccc(C)nn2)cc1. The molecule has 0 radical (unpaired) electrons. The van der Waals surface area contributed by atoms with Gasteiger partial charge in [0, 0.05) is 17.8 Å². The summed E-state index contributed by atoms with van der Waals surface area (Å²) in [5.74, 6) is 0.752. The van der Waals surface area contributed by atoms with Crippen molar-refractivity contribution >= 4 is 23.1 Å². The van der Waals surface area contributed by atoms with Crippen molar-refractivity contribution in [3.05, 3.63) is 42.1 Å². The maximum atomic E-state index is 11.6. The van der Waals surface area contributed by atoms with Gasteiger partial charge in [-0.3, -0.25) is 4.79 Å². The molecule has 2 aromatic rings. The first kappa shape index (κ1) is 15.0. The highest BCUT2D eigenvalue weighted by Gasteiger charge is 2.02. The first-order valence-corrected chi connectivity index (χ1v) is 7.14. The van der Waals surface area contributed by atoms with Gasteiger partial charge in [-0.25, -0.2) is 0 Å². The molecule has 1 heterocycles. The molecule has 2 N–H and O–H groups in total. The largest absolute Gasteiger partial charge is 0.339 e. The van der Waals surface area contributed by atoms with Crippen molar-refractivity contribution in [1.29, 1.82) is 0 Å². The molecule has 2 rings (SSSR count). The molecule has 0 aliphatic heterocycles. The number of benzene rings is 1. The average molecular weight is 284 g/mol. The quantitative estimate of drug-likeness (QED) is 0.849. The van der Waals surface area contributed by atoms with E-state index in [1.807, 2.05) is 43.3 Å². The number of unbranched alkanes of at least 4 members (excludes halogenated alkanes) is 1. The van der Waals surface area contributed by atoms with Crippen LogP contribution in [0.2, 0.25) is 0 Å². The topological polar surface area (TPSA) is 66.9 Å². The first-order chi connectivity index (χ1) is 10.2. The summed E-state index contributed by atoms with van der Waals surface area (Å²) in [6.07, 6.45) is 2.50. The summed E-state index contributed by atoms with van der Waals surface area (Å²) >= 11 is 0. The standard InChI is InChI=1S/C16H20N4O/c1-3-4-5-16(21)18-14-9-7-13(8-10-14)17-15-11-6-12(2)19-20-15/h6-11H,3-5H2,1-2H3,(H,17,20)(H,18,21). The number of amides is 1. The van der Waals surface area contributed by atoms with Gasteiger partial charge < -0.3 is 10.6 Å². The third-order valence-corrected chi connectivity index (χ3v) is 3.00. The summed E-state index contributed by atoms with van der Waals surface area (Å²) < 4.78 is 0. The van der Waals surface area contributed by atoms with E-state index in [0.717, 1.165) is 29.9 Å². The molecular formula is C16H20N4O. The van der Waals surface area contributed by atoms with E-state index in [1.165, 1.54) is 0 Å². The third-order valence-electron chi connectivity index (χ3n) is 3.00. The van der Waals surface area contributed by atoms with Crippen LogP contribution in [0.5, 0.6) is 0 Å². The van der Waals surface area contributed by atoms with Gasteiger partial charge in [0.25, 0.3) is 0 Å². The monoisotopic (exact) mass is 284 g/mol. The van der Waals surface area contributed by atoms with Gasteiger partial charge in [-0.15, -0.1) is 5.10 Å². The zero-order valence-corrected chi connectivity index (χ0v) is 12.4. The highest BCUT2D eigenvalue weighted by molar-refractivity contribution is 5.90. The number of aromatic nitrogens is 2. The molecule has 5 nitrogen and oxygen atoms in total. The van der Waals surface area contributed by atoms with Crippen molar-refractivity contribution in [1.82, 2.24) is 10.2 Å². The van der Waals surface area contributed by atoms with Crippen molar-refractivity contribution in [2.75, 3.05) is 10.6 Å². The summed E-state index contributed by atoms with van der Waals surface area (Å²) in [6.45, 7) is 3.97. The van der Waals surface area contributed by atoms with E-state index >= 15 is 0 Å². The van der Waals surface area contributed by atoms with Crippen LogP contribution in [0.3, 0.4) is 0 Å². The Kier molecular flexibility index (Phi) is 5.26. The van der Waals surface area contributed by atoms with E-state index < -0.39 is 0 Å². The molecule has 1 aromatic carbocycles. The predicted molar refractivity (Wildman–Crippen MR) is 84.6 cm³/mol. The van der Waals surface area contributed by atoms with E-state index in [2.05, 4.69) is 27.8 Å². The Hall–Kier alpha value is -2.43.